The van der Waals surface area contributed by atoms with Gasteiger partial charge in [0.1, 0.15) is 0 Å². The van der Waals surface area contributed by atoms with Gasteiger partial charge in [0.05, 0.1) is 0 Å². The monoisotopic (exact) mass is 249 g/mol. The average Bonchev–Trinajstić information content (AvgIpc) is 2.45. The molecule has 0 atom stereocenters. The molecule has 0 aliphatic rings. The first-order valence-corrected chi connectivity index (χ1v) is 6.55. The van der Waals surface area contributed by atoms with Crippen LogP contribution in [0.3, 0.4) is 0 Å². The molecule has 0 saturated carbocycles. The van der Waals surface area contributed by atoms with E-state index in [0.717, 1.165) is 24.1 Å². The van der Waals surface area contributed by atoms with Gasteiger partial charge in [-0.2, -0.15) is 0 Å². The molecule has 2 aromatic carbocycles. The van der Waals surface area contributed by atoms with Crippen LogP contribution in [-0.4, -0.2) is 25.5 Å². The van der Waals surface area contributed by atoms with Gasteiger partial charge in [-0.25, -0.2) is 0 Å². The third kappa shape index (κ3) is 4.28. The zero-order chi connectivity index (χ0) is 13.5. The third-order valence-corrected chi connectivity index (χ3v) is 2.96. The maximum atomic E-state index is 3.28. The first kappa shape index (κ1) is 13.4. The minimum atomic E-state index is 1.03. The lowest BCUT2D eigenvalue weighted by molar-refractivity contribution is 0.413. The van der Waals surface area contributed by atoms with Crippen molar-refractivity contribution in [3.05, 3.63) is 71.3 Å². The molecule has 1 heteroatoms. The fraction of sp³-hybridized carbons (Fsp3) is 0.222. The lowest BCUT2D eigenvalue weighted by atomic mass is 10.0. The fourth-order valence-corrected chi connectivity index (χ4v) is 1.87. The van der Waals surface area contributed by atoms with Crippen LogP contribution in [-0.2, 0) is 6.42 Å². The summed E-state index contributed by atoms with van der Waals surface area (Å²) in [5, 5.41) is 0. The van der Waals surface area contributed by atoms with Crippen molar-refractivity contribution >= 4 is 0 Å². The van der Waals surface area contributed by atoms with E-state index in [0.29, 0.717) is 0 Å². The molecule has 2 rings (SSSR count). The summed E-state index contributed by atoms with van der Waals surface area (Å²) in [6, 6.07) is 18.5. The van der Waals surface area contributed by atoms with Crippen molar-refractivity contribution in [2.45, 2.75) is 6.42 Å². The van der Waals surface area contributed by atoms with Crippen LogP contribution in [0.1, 0.15) is 16.7 Å². The molecular formula is C18H19N. The Hall–Kier alpha value is -2.04. The van der Waals surface area contributed by atoms with Gasteiger partial charge in [-0.05, 0) is 44.3 Å². The van der Waals surface area contributed by atoms with Crippen LogP contribution < -0.4 is 0 Å². The van der Waals surface area contributed by atoms with Gasteiger partial charge in [0, 0.05) is 17.7 Å². The summed E-state index contributed by atoms with van der Waals surface area (Å²) in [5.74, 6) is 6.51. The van der Waals surface area contributed by atoms with Gasteiger partial charge in [0.25, 0.3) is 0 Å². The molecule has 0 amide bonds. The Morgan fingerprint density at radius 1 is 0.842 bits per heavy atom. The van der Waals surface area contributed by atoms with E-state index in [1.165, 1.54) is 5.56 Å². The molecule has 0 aromatic heterocycles. The van der Waals surface area contributed by atoms with Crippen molar-refractivity contribution in [2.75, 3.05) is 20.6 Å². The minimum absolute atomic E-state index is 1.03. The second-order valence-corrected chi connectivity index (χ2v) is 4.83. The number of rotatable bonds is 3. The fourth-order valence-electron chi connectivity index (χ4n) is 1.87. The molecule has 1 nitrogen and oxygen atoms in total. The van der Waals surface area contributed by atoms with Crippen molar-refractivity contribution in [3.8, 4) is 11.8 Å². The van der Waals surface area contributed by atoms with Gasteiger partial charge in [-0.1, -0.05) is 48.2 Å². The van der Waals surface area contributed by atoms with Crippen LogP contribution in [0.25, 0.3) is 0 Å². The molecular weight excluding hydrogens is 230 g/mol. The Balaban J connectivity index is 2.19. The number of likely N-dealkylation sites (N-methyl/N-ethyl adjacent to an activating group) is 1. The van der Waals surface area contributed by atoms with Crippen molar-refractivity contribution in [1.29, 1.82) is 0 Å². The van der Waals surface area contributed by atoms with Gasteiger partial charge in [-0.15, -0.1) is 0 Å². The maximum Gasteiger partial charge on any atom is 0.0281 e. The van der Waals surface area contributed by atoms with Crippen LogP contribution >= 0.6 is 0 Å². The quantitative estimate of drug-likeness (QED) is 0.755. The number of hydrogen-bond acceptors (Lipinski definition) is 1. The van der Waals surface area contributed by atoms with Gasteiger partial charge in [0.15, 0.2) is 0 Å². The highest BCUT2D eigenvalue weighted by Crippen LogP contribution is 2.09. The first-order valence-electron chi connectivity index (χ1n) is 6.55. The summed E-state index contributed by atoms with van der Waals surface area (Å²) in [6.45, 7) is 1.05. The molecule has 19 heavy (non-hydrogen) atoms. The molecule has 0 saturated heterocycles. The Kier molecular flexibility index (Phi) is 4.78. The zero-order valence-electron chi connectivity index (χ0n) is 11.6. The van der Waals surface area contributed by atoms with E-state index in [9.17, 15) is 0 Å². The van der Waals surface area contributed by atoms with Crippen LogP contribution in [0, 0.1) is 11.8 Å². The molecule has 0 N–H and O–H groups in total. The third-order valence-electron chi connectivity index (χ3n) is 2.96. The molecule has 0 radical (unpaired) electrons. The van der Waals surface area contributed by atoms with Gasteiger partial charge in [-0.3, -0.25) is 0 Å². The first-order chi connectivity index (χ1) is 9.25. The van der Waals surface area contributed by atoms with Crippen LogP contribution in [0.5, 0.6) is 0 Å². The lowest BCUT2D eigenvalue weighted by Gasteiger charge is -2.10. The molecule has 0 unspecified atom stereocenters. The summed E-state index contributed by atoms with van der Waals surface area (Å²) in [5.41, 5.74) is 3.51. The van der Waals surface area contributed by atoms with Gasteiger partial charge in [0.2, 0.25) is 0 Å². The molecule has 0 aliphatic carbocycles. The predicted octanol–water partition coefficient (Wildman–Crippen LogP) is 3.19. The van der Waals surface area contributed by atoms with Crippen LogP contribution in [0.4, 0.5) is 0 Å². The standard InChI is InChI=1S/C18H19N/c1-19(2)15-14-18-11-7-6-10-17(18)13-12-16-8-4-3-5-9-16/h3-11H,14-15H2,1-2H3. The summed E-state index contributed by atoms with van der Waals surface area (Å²) < 4.78 is 0. The molecule has 2 aromatic rings. The maximum absolute atomic E-state index is 3.28. The van der Waals surface area contributed by atoms with Crippen LogP contribution in [0.2, 0.25) is 0 Å². The summed E-state index contributed by atoms with van der Waals surface area (Å²) in [6.07, 6.45) is 1.03. The summed E-state index contributed by atoms with van der Waals surface area (Å²) in [7, 11) is 4.19. The van der Waals surface area contributed by atoms with E-state index in [1.807, 2.05) is 36.4 Å². The Morgan fingerprint density at radius 3 is 2.26 bits per heavy atom. The normalized spacial score (nSPS) is 10.1. The van der Waals surface area contributed by atoms with E-state index in [4.69, 9.17) is 0 Å². The van der Waals surface area contributed by atoms with Crippen LogP contribution in [0.15, 0.2) is 54.6 Å². The number of hydrogen-bond donors (Lipinski definition) is 0. The lowest BCUT2D eigenvalue weighted by Crippen LogP contribution is -2.15. The van der Waals surface area contributed by atoms with E-state index < -0.39 is 0 Å². The SMILES string of the molecule is CN(C)CCc1ccccc1C#Cc1ccccc1. The largest absolute Gasteiger partial charge is 0.309 e. The topological polar surface area (TPSA) is 3.24 Å². The molecule has 0 fully saturated rings. The highest BCUT2D eigenvalue weighted by atomic mass is 15.0. The Bertz CT molecular complexity index is 573. The number of nitrogens with zero attached hydrogens (tertiary/aromatic N) is 1. The molecule has 0 aliphatic heterocycles. The highest BCUT2D eigenvalue weighted by Gasteiger charge is 1.99. The van der Waals surface area contributed by atoms with E-state index in [2.05, 4.69) is 49.0 Å². The van der Waals surface area contributed by atoms with Crippen molar-refractivity contribution in [3.63, 3.8) is 0 Å². The van der Waals surface area contributed by atoms with E-state index in [-0.39, 0.29) is 0 Å². The molecule has 0 spiro atoms. The van der Waals surface area contributed by atoms with E-state index in [1.54, 1.807) is 0 Å². The van der Waals surface area contributed by atoms with E-state index >= 15 is 0 Å². The van der Waals surface area contributed by atoms with Crippen molar-refractivity contribution in [1.82, 2.24) is 4.90 Å². The van der Waals surface area contributed by atoms with Gasteiger partial charge >= 0.3 is 0 Å². The Morgan fingerprint density at radius 2 is 1.53 bits per heavy atom. The summed E-state index contributed by atoms with van der Waals surface area (Å²) in [4.78, 5) is 2.20. The van der Waals surface area contributed by atoms with Crippen molar-refractivity contribution in [2.24, 2.45) is 0 Å². The van der Waals surface area contributed by atoms with Gasteiger partial charge < -0.3 is 4.90 Å². The second-order valence-electron chi connectivity index (χ2n) is 4.83. The predicted molar refractivity (Wildman–Crippen MR) is 81.1 cm³/mol. The zero-order valence-corrected chi connectivity index (χ0v) is 11.6. The molecule has 0 bridgehead atoms. The van der Waals surface area contributed by atoms with Crippen molar-refractivity contribution < 1.29 is 0 Å². The minimum Gasteiger partial charge on any atom is -0.309 e. The average molecular weight is 249 g/mol. The second kappa shape index (κ2) is 6.78. The summed E-state index contributed by atoms with van der Waals surface area (Å²) >= 11 is 0. The molecule has 96 valence electrons. The highest BCUT2D eigenvalue weighted by molar-refractivity contribution is 5.46. The molecule has 0 heterocycles. The Labute approximate surface area is 115 Å². The number of benzene rings is 2. The smallest absolute Gasteiger partial charge is 0.0281 e.